The quantitative estimate of drug-likeness (QED) is 0.447. The van der Waals surface area contributed by atoms with Crippen LogP contribution in [0.1, 0.15) is 11.3 Å². The van der Waals surface area contributed by atoms with Crippen LogP contribution < -0.4 is 0 Å². The van der Waals surface area contributed by atoms with E-state index in [1.807, 2.05) is 12.3 Å². The average molecular weight is 390 g/mol. The van der Waals surface area contributed by atoms with Gasteiger partial charge in [-0.1, -0.05) is 33.3 Å². The molecule has 1 aromatic heterocycles. The fourth-order valence-electron chi connectivity index (χ4n) is 1.63. The van der Waals surface area contributed by atoms with Gasteiger partial charge in [-0.2, -0.15) is 0 Å². The predicted octanol–water partition coefficient (Wildman–Crippen LogP) is 2.93. The van der Waals surface area contributed by atoms with Gasteiger partial charge in [0.1, 0.15) is 4.47 Å². The number of hydrogen-bond acceptors (Lipinski definition) is 4. The Balaban J connectivity index is 2.23. The number of halogens is 2. The molecule has 0 N–H and O–H groups in total. The number of rotatable bonds is 5. The van der Waals surface area contributed by atoms with Crippen LogP contribution >= 0.6 is 31.9 Å². The third-order valence-corrected chi connectivity index (χ3v) is 3.84. The molecule has 8 heteroatoms. The van der Waals surface area contributed by atoms with Crippen LogP contribution in [0.15, 0.2) is 28.9 Å². The Morgan fingerprint density at radius 3 is 2.89 bits per heavy atom. The summed E-state index contributed by atoms with van der Waals surface area (Å²) in [5, 5.41) is 19.7. The number of benzene rings is 1. The van der Waals surface area contributed by atoms with Gasteiger partial charge in [0.25, 0.3) is 5.69 Å². The summed E-state index contributed by atoms with van der Waals surface area (Å²) in [6.45, 7) is 0.442. The largest absolute Gasteiger partial charge is 0.283 e. The number of hydrogen-bond donors (Lipinski definition) is 0. The maximum atomic E-state index is 10.9. The van der Waals surface area contributed by atoms with Crippen LogP contribution in [0.5, 0.6) is 0 Å². The molecular formula is C11H10Br2N4O2. The normalized spacial score (nSPS) is 10.6. The van der Waals surface area contributed by atoms with Gasteiger partial charge >= 0.3 is 0 Å². The van der Waals surface area contributed by atoms with E-state index in [0.29, 0.717) is 11.0 Å². The number of alkyl halides is 1. The van der Waals surface area contributed by atoms with Crippen molar-refractivity contribution in [1.29, 1.82) is 0 Å². The molecule has 0 amide bonds. The van der Waals surface area contributed by atoms with Crippen LogP contribution in [-0.4, -0.2) is 25.2 Å². The summed E-state index contributed by atoms with van der Waals surface area (Å²) in [5.41, 5.74) is 1.74. The zero-order valence-corrected chi connectivity index (χ0v) is 13.0. The summed E-state index contributed by atoms with van der Waals surface area (Å²) >= 11 is 6.61. The Morgan fingerprint density at radius 2 is 2.21 bits per heavy atom. The molecule has 0 aliphatic heterocycles. The van der Waals surface area contributed by atoms with Gasteiger partial charge in [0, 0.05) is 24.0 Å². The van der Waals surface area contributed by atoms with E-state index in [1.54, 1.807) is 10.7 Å². The molecular weight excluding hydrogens is 380 g/mol. The Hall–Kier alpha value is -1.28. The molecule has 0 saturated heterocycles. The molecule has 0 bridgehead atoms. The van der Waals surface area contributed by atoms with Gasteiger partial charge in [-0.3, -0.25) is 10.1 Å². The summed E-state index contributed by atoms with van der Waals surface area (Å²) in [4.78, 5) is 10.4. The highest BCUT2D eigenvalue weighted by atomic mass is 79.9. The van der Waals surface area contributed by atoms with E-state index in [4.69, 9.17) is 0 Å². The molecule has 100 valence electrons. The number of nitro groups is 1. The molecule has 2 aromatic rings. The first-order valence-corrected chi connectivity index (χ1v) is 7.40. The van der Waals surface area contributed by atoms with E-state index < -0.39 is 4.92 Å². The van der Waals surface area contributed by atoms with Gasteiger partial charge in [-0.25, -0.2) is 4.68 Å². The zero-order valence-electron chi connectivity index (χ0n) is 9.79. The molecule has 1 aromatic carbocycles. The number of nitro benzene ring substituents is 1. The molecule has 0 aliphatic carbocycles. The summed E-state index contributed by atoms with van der Waals surface area (Å²) in [7, 11) is 0. The van der Waals surface area contributed by atoms with Crippen LogP contribution in [0.4, 0.5) is 5.69 Å². The molecule has 0 saturated carbocycles. The number of aryl methyl sites for hydroxylation is 1. The number of aromatic nitrogens is 3. The minimum absolute atomic E-state index is 0.0540. The highest BCUT2D eigenvalue weighted by molar-refractivity contribution is 9.10. The lowest BCUT2D eigenvalue weighted by Gasteiger charge is -2.04. The van der Waals surface area contributed by atoms with E-state index in [-0.39, 0.29) is 5.69 Å². The third-order valence-electron chi connectivity index (χ3n) is 2.52. The molecule has 0 atom stereocenters. The third kappa shape index (κ3) is 3.38. The summed E-state index contributed by atoms with van der Waals surface area (Å²) in [5.74, 6) is 0. The maximum absolute atomic E-state index is 10.9. The second-order valence-corrected chi connectivity index (χ2v) is 5.44. The van der Waals surface area contributed by atoms with Crippen molar-refractivity contribution in [2.75, 3.05) is 5.33 Å². The molecule has 0 spiro atoms. The van der Waals surface area contributed by atoms with Gasteiger partial charge < -0.3 is 0 Å². The monoisotopic (exact) mass is 388 g/mol. The lowest BCUT2D eigenvalue weighted by Crippen LogP contribution is -2.02. The fourth-order valence-corrected chi connectivity index (χ4v) is 2.57. The Bertz CT molecular complexity index is 600. The van der Waals surface area contributed by atoms with E-state index in [9.17, 15) is 10.1 Å². The molecule has 0 unspecified atom stereocenters. The Morgan fingerprint density at radius 1 is 1.42 bits per heavy atom. The molecule has 1 heterocycles. The summed E-state index contributed by atoms with van der Waals surface area (Å²) < 4.78 is 2.15. The minimum atomic E-state index is -0.412. The van der Waals surface area contributed by atoms with Crippen LogP contribution in [0.2, 0.25) is 0 Å². The first-order chi connectivity index (χ1) is 9.11. The standard InChI is InChI=1S/C11H10Br2N4O2/c12-5-4-9-7-16(15-14-9)6-8-2-1-3-10(11(8)13)17(18)19/h1-3,7H,4-6H2. The van der Waals surface area contributed by atoms with E-state index in [2.05, 4.69) is 42.2 Å². The van der Waals surface area contributed by atoms with E-state index >= 15 is 0 Å². The van der Waals surface area contributed by atoms with Crippen LogP contribution in [-0.2, 0) is 13.0 Å². The number of nitrogens with zero attached hydrogens (tertiary/aromatic N) is 4. The van der Waals surface area contributed by atoms with Crippen molar-refractivity contribution in [3.8, 4) is 0 Å². The average Bonchev–Trinajstić information content (AvgIpc) is 2.79. The zero-order chi connectivity index (χ0) is 13.8. The first-order valence-electron chi connectivity index (χ1n) is 5.48. The highest BCUT2D eigenvalue weighted by Gasteiger charge is 2.15. The van der Waals surface area contributed by atoms with Gasteiger partial charge in [0.2, 0.25) is 0 Å². The van der Waals surface area contributed by atoms with Gasteiger partial charge in [0.05, 0.1) is 17.2 Å². The Kier molecular flexibility index (Phi) is 4.65. The van der Waals surface area contributed by atoms with Crippen LogP contribution in [0.25, 0.3) is 0 Å². The van der Waals surface area contributed by atoms with Crippen molar-refractivity contribution in [2.45, 2.75) is 13.0 Å². The molecule has 19 heavy (non-hydrogen) atoms. The van der Waals surface area contributed by atoms with Crippen LogP contribution in [0, 0.1) is 10.1 Å². The lowest BCUT2D eigenvalue weighted by atomic mass is 10.2. The predicted molar refractivity (Wildman–Crippen MR) is 77.4 cm³/mol. The second-order valence-electron chi connectivity index (χ2n) is 3.85. The lowest BCUT2D eigenvalue weighted by molar-refractivity contribution is -0.385. The van der Waals surface area contributed by atoms with Gasteiger partial charge in [-0.05, 0) is 21.5 Å². The molecule has 0 fully saturated rings. The van der Waals surface area contributed by atoms with Crippen molar-refractivity contribution in [2.24, 2.45) is 0 Å². The van der Waals surface area contributed by atoms with Crippen molar-refractivity contribution in [1.82, 2.24) is 15.0 Å². The Labute approximate surface area is 126 Å². The summed E-state index contributed by atoms with van der Waals surface area (Å²) in [6.07, 6.45) is 2.64. The SMILES string of the molecule is O=[N+]([O-])c1cccc(Cn2cc(CCBr)nn2)c1Br. The van der Waals surface area contributed by atoms with Gasteiger partial charge in [-0.15, -0.1) is 5.10 Å². The van der Waals surface area contributed by atoms with E-state index in [1.165, 1.54) is 6.07 Å². The van der Waals surface area contributed by atoms with Crippen molar-refractivity contribution in [3.63, 3.8) is 0 Å². The first kappa shape index (κ1) is 14.1. The molecule has 2 rings (SSSR count). The fraction of sp³-hybridized carbons (Fsp3) is 0.273. The van der Waals surface area contributed by atoms with Crippen molar-refractivity contribution < 1.29 is 4.92 Å². The smallest absolute Gasteiger partial charge is 0.258 e. The minimum Gasteiger partial charge on any atom is -0.258 e. The molecule has 6 nitrogen and oxygen atoms in total. The van der Waals surface area contributed by atoms with E-state index in [0.717, 1.165) is 23.0 Å². The van der Waals surface area contributed by atoms with Crippen LogP contribution in [0.3, 0.4) is 0 Å². The molecule has 0 aliphatic rings. The second kappa shape index (κ2) is 6.25. The summed E-state index contributed by atoms with van der Waals surface area (Å²) in [6, 6.07) is 4.95. The highest BCUT2D eigenvalue weighted by Crippen LogP contribution is 2.28. The molecule has 0 radical (unpaired) electrons. The van der Waals surface area contributed by atoms with Gasteiger partial charge in [0.15, 0.2) is 0 Å². The van der Waals surface area contributed by atoms with Crippen molar-refractivity contribution in [3.05, 3.63) is 50.2 Å². The maximum Gasteiger partial charge on any atom is 0.283 e. The topological polar surface area (TPSA) is 73.8 Å². The van der Waals surface area contributed by atoms with Crippen molar-refractivity contribution >= 4 is 37.5 Å².